The van der Waals surface area contributed by atoms with Gasteiger partial charge in [-0.3, -0.25) is 14.5 Å². The van der Waals surface area contributed by atoms with Crippen LogP contribution in [-0.2, 0) is 6.54 Å². The molecule has 0 radical (unpaired) electrons. The number of amides is 2. The van der Waals surface area contributed by atoms with E-state index in [2.05, 4.69) is 15.2 Å². The van der Waals surface area contributed by atoms with Crippen LogP contribution < -0.4 is 11.1 Å². The van der Waals surface area contributed by atoms with E-state index in [-0.39, 0.29) is 18.1 Å². The normalized spacial score (nSPS) is 16.6. The summed E-state index contributed by atoms with van der Waals surface area (Å²) >= 11 is 1.63. The van der Waals surface area contributed by atoms with Gasteiger partial charge in [-0.25, -0.2) is 4.98 Å². The SMILES string of the molecule is Cc1cnc(CN2CC(O)(CNC(=O)c3ccc(C(N)=O)o3)C2)s1. The van der Waals surface area contributed by atoms with Gasteiger partial charge in [-0.2, -0.15) is 0 Å². The Morgan fingerprint density at radius 3 is 2.75 bits per heavy atom. The third kappa shape index (κ3) is 3.64. The number of furan rings is 1. The zero-order valence-corrected chi connectivity index (χ0v) is 13.9. The number of β-amino-alcohol motifs (C(OH)–C–C–N with tert-alkyl or cyclic N) is 1. The highest BCUT2D eigenvalue weighted by Crippen LogP contribution is 2.24. The number of nitrogens with zero attached hydrogens (tertiary/aromatic N) is 2. The largest absolute Gasteiger partial charge is 0.446 e. The van der Waals surface area contributed by atoms with Gasteiger partial charge in [-0.15, -0.1) is 11.3 Å². The third-order valence-electron chi connectivity index (χ3n) is 3.71. The van der Waals surface area contributed by atoms with E-state index >= 15 is 0 Å². The molecule has 0 unspecified atom stereocenters. The lowest BCUT2D eigenvalue weighted by Gasteiger charge is -2.46. The van der Waals surface area contributed by atoms with Crippen LogP contribution in [-0.4, -0.2) is 52.0 Å². The standard InChI is InChI=1S/C15H18N4O4S/c1-9-4-17-12(24-9)5-19-7-15(22,8-19)6-18-14(21)11-3-2-10(23-11)13(16)20/h2-4,22H,5-8H2,1H3,(H2,16,20)(H,18,21). The summed E-state index contributed by atoms with van der Waals surface area (Å²) in [7, 11) is 0. The molecule has 9 heteroatoms. The Morgan fingerprint density at radius 2 is 2.17 bits per heavy atom. The minimum atomic E-state index is -0.971. The highest BCUT2D eigenvalue weighted by molar-refractivity contribution is 7.11. The summed E-state index contributed by atoms with van der Waals surface area (Å²) in [6.45, 7) is 3.70. The number of aryl methyl sites for hydroxylation is 1. The van der Waals surface area contributed by atoms with E-state index in [0.717, 1.165) is 9.88 Å². The number of hydrogen-bond donors (Lipinski definition) is 3. The number of rotatable bonds is 6. The average Bonchev–Trinajstić information content (AvgIpc) is 3.12. The van der Waals surface area contributed by atoms with Crippen molar-refractivity contribution in [2.45, 2.75) is 19.1 Å². The van der Waals surface area contributed by atoms with Gasteiger partial charge in [0.2, 0.25) is 0 Å². The number of likely N-dealkylation sites (tertiary alicyclic amines) is 1. The monoisotopic (exact) mass is 350 g/mol. The first-order valence-electron chi connectivity index (χ1n) is 7.38. The van der Waals surface area contributed by atoms with Gasteiger partial charge in [0.05, 0.1) is 6.54 Å². The Balaban J connectivity index is 1.46. The van der Waals surface area contributed by atoms with E-state index in [1.165, 1.54) is 12.1 Å². The van der Waals surface area contributed by atoms with Crippen molar-refractivity contribution in [3.63, 3.8) is 0 Å². The Bertz CT molecular complexity index is 763. The van der Waals surface area contributed by atoms with E-state index in [4.69, 9.17) is 10.2 Å². The van der Waals surface area contributed by atoms with Crippen molar-refractivity contribution in [3.8, 4) is 0 Å². The van der Waals surface area contributed by atoms with Crippen LogP contribution in [0.2, 0.25) is 0 Å². The Labute approximate surface area is 142 Å². The fraction of sp³-hybridized carbons (Fsp3) is 0.400. The molecule has 2 aromatic heterocycles. The molecule has 8 nitrogen and oxygen atoms in total. The molecule has 0 saturated carbocycles. The molecular formula is C15H18N4O4S. The first-order chi connectivity index (χ1) is 11.3. The molecule has 1 aliphatic heterocycles. The van der Waals surface area contributed by atoms with Gasteiger partial charge >= 0.3 is 0 Å². The van der Waals surface area contributed by atoms with Crippen LogP contribution in [0.25, 0.3) is 0 Å². The number of nitrogens with two attached hydrogens (primary N) is 1. The van der Waals surface area contributed by atoms with E-state index < -0.39 is 17.4 Å². The molecule has 1 saturated heterocycles. The van der Waals surface area contributed by atoms with Gasteiger partial charge in [0.15, 0.2) is 11.5 Å². The van der Waals surface area contributed by atoms with E-state index in [1.807, 2.05) is 13.1 Å². The Hall–Kier alpha value is -2.23. The summed E-state index contributed by atoms with van der Waals surface area (Å²) in [4.78, 5) is 30.4. The van der Waals surface area contributed by atoms with Crippen molar-refractivity contribution in [1.82, 2.24) is 15.2 Å². The van der Waals surface area contributed by atoms with Crippen molar-refractivity contribution in [2.75, 3.05) is 19.6 Å². The van der Waals surface area contributed by atoms with Crippen LogP contribution >= 0.6 is 11.3 Å². The number of hydrogen-bond acceptors (Lipinski definition) is 7. The first-order valence-corrected chi connectivity index (χ1v) is 8.20. The van der Waals surface area contributed by atoms with Gasteiger partial charge < -0.3 is 20.6 Å². The molecule has 128 valence electrons. The van der Waals surface area contributed by atoms with E-state index in [9.17, 15) is 14.7 Å². The molecule has 0 spiro atoms. The predicted molar refractivity (Wildman–Crippen MR) is 86.6 cm³/mol. The minimum absolute atomic E-state index is 0.0122. The van der Waals surface area contributed by atoms with Crippen molar-refractivity contribution in [1.29, 1.82) is 0 Å². The molecule has 4 N–H and O–H groups in total. The molecule has 2 aromatic rings. The topological polar surface area (TPSA) is 122 Å². The Morgan fingerprint density at radius 1 is 1.46 bits per heavy atom. The van der Waals surface area contributed by atoms with Gasteiger partial charge in [-0.05, 0) is 19.1 Å². The summed E-state index contributed by atoms with van der Waals surface area (Å²) in [6.07, 6.45) is 1.83. The number of carbonyl (C=O) groups is 2. The summed E-state index contributed by atoms with van der Waals surface area (Å²) in [5, 5.41) is 14.0. The summed E-state index contributed by atoms with van der Waals surface area (Å²) in [5.41, 5.74) is 4.10. The molecule has 0 atom stereocenters. The summed E-state index contributed by atoms with van der Waals surface area (Å²) in [6, 6.07) is 2.71. The van der Waals surface area contributed by atoms with Crippen LogP contribution in [0.4, 0.5) is 0 Å². The predicted octanol–water partition coefficient (Wildman–Crippen LogP) is 0.120. The summed E-state index contributed by atoms with van der Waals surface area (Å²) in [5.74, 6) is -1.32. The molecule has 2 amide bonds. The number of aromatic nitrogens is 1. The number of nitrogens with one attached hydrogen (secondary N) is 1. The van der Waals surface area contributed by atoms with Crippen molar-refractivity contribution in [2.24, 2.45) is 5.73 Å². The molecule has 3 rings (SSSR count). The van der Waals surface area contributed by atoms with Crippen LogP contribution in [0.3, 0.4) is 0 Å². The fourth-order valence-electron chi connectivity index (χ4n) is 2.60. The van der Waals surface area contributed by atoms with E-state index in [0.29, 0.717) is 19.6 Å². The first kappa shape index (κ1) is 16.6. The fourth-order valence-corrected chi connectivity index (χ4v) is 3.43. The zero-order chi connectivity index (χ0) is 17.3. The molecule has 3 heterocycles. The van der Waals surface area contributed by atoms with Crippen LogP contribution in [0, 0.1) is 6.92 Å². The maximum atomic E-state index is 12.0. The average molecular weight is 350 g/mol. The zero-order valence-electron chi connectivity index (χ0n) is 13.1. The molecule has 0 aliphatic carbocycles. The lowest BCUT2D eigenvalue weighted by molar-refractivity contribution is -0.0975. The molecule has 0 bridgehead atoms. The quantitative estimate of drug-likeness (QED) is 0.680. The van der Waals surface area contributed by atoms with Crippen molar-refractivity contribution < 1.29 is 19.1 Å². The minimum Gasteiger partial charge on any atom is -0.446 e. The molecule has 24 heavy (non-hydrogen) atoms. The number of carbonyl (C=O) groups excluding carboxylic acids is 2. The lowest BCUT2D eigenvalue weighted by atomic mass is 9.94. The van der Waals surface area contributed by atoms with Crippen molar-refractivity contribution in [3.05, 3.63) is 39.7 Å². The van der Waals surface area contributed by atoms with Gasteiger partial charge in [0.25, 0.3) is 11.8 Å². The van der Waals surface area contributed by atoms with Crippen LogP contribution in [0.15, 0.2) is 22.7 Å². The maximum absolute atomic E-state index is 12.0. The van der Waals surface area contributed by atoms with Gasteiger partial charge in [0, 0.05) is 30.7 Å². The number of aliphatic hydroxyl groups is 1. The third-order valence-corrected chi connectivity index (χ3v) is 4.61. The highest BCUT2D eigenvalue weighted by atomic mass is 32.1. The number of thiazole rings is 1. The lowest BCUT2D eigenvalue weighted by Crippen LogP contribution is -2.65. The van der Waals surface area contributed by atoms with Gasteiger partial charge in [-0.1, -0.05) is 0 Å². The summed E-state index contributed by atoms with van der Waals surface area (Å²) < 4.78 is 5.04. The number of primary amides is 1. The molecule has 0 aromatic carbocycles. The van der Waals surface area contributed by atoms with Crippen molar-refractivity contribution >= 4 is 23.2 Å². The second kappa shape index (κ2) is 6.34. The smallest absolute Gasteiger partial charge is 0.287 e. The van der Waals surface area contributed by atoms with Crippen LogP contribution in [0.1, 0.15) is 31.0 Å². The van der Waals surface area contributed by atoms with E-state index in [1.54, 1.807) is 11.3 Å². The van der Waals surface area contributed by atoms with Gasteiger partial charge in [0.1, 0.15) is 10.6 Å². The second-order valence-electron chi connectivity index (χ2n) is 5.94. The molecular weight excluding hydrogens is 332 g/mol. The molecule has 1 aliphatic rings. The molecule has 1 fully saturated rings. The van der Waals surface area contributed by atoms with Crippen LogP contribution in [0.5, 0.6) is 0 Å². The maximum Gasteiger partial charge on any atom is 0.287 e. The highest BCUT2D eigenvalue weighted by Gasteiger charge is 2.41. The Kier molecular flexibility index (Phi) is 4.39. The second-order valence-corrected chi connectivity index (χ2v) is 7.26.